The van der Waals surface area contributed by atoms with Crippen LogP contribution in [0.1, 0.15) is 45.2 Å². The minimum absolute atomic E-state index is 0.386. The minimum atomic E-state index is -1.01. The van der Waals surface area contributed by atoms with Crippen LogP contribution in [0, 0.1) is 0 Å². The summed E-state index contributed by atoms with van der Waals surface area (Å²) in [7, 11) is 0. The predicted molar refractivity (Wildman–Crippen MR) is 81.3 cm³/mol. The maximum absolute atomic E-state index is 11.6. The summed E-state index contributed by atoms with van der Waals surface area (Å²) in [6.45, 7) is 5.53. The van der Waals surface area contributed by atoms with Gasteiger partial charge in [0.05, 0.1) is 16.4 Å². The van der Waals surface area contributed by atoms with Crippen LogP contribution in [-0.2, 0) is 0 Å². The first kappa shape index (κ1) is 14.2. The molecule has 3 rings (SSSR count). The Kier molecular flexibility index (Phi) is 3.13. The second-order valence-electron chi connectivity index (χ2n) is 6.44. The summed E-state index contributed by atoms with van der Waals surface area (Å²) < 4.78 is 5.31. The van der Waals surface area contributed by atoms with Gasteiger partial charge in [0, 0.05) is 16.8 Å². The summed E-state index contributed by atoms with van der Waals surface area (Å²) in [5.74, 6) is 0.408. The Hall–Kier alpha value is -1.75. The quantitative estimate of drug-likeness (QED) is 0.877. The number of aromatic nitrogens is 1. The summed E-state index contributed by atoms with van der Waals surface area (Å²) in [6.07, 6.45) is 1.17. The molecule has 0 unspecified atom stereocenters. The lowest BCUT2D eigenvalue weighted by atomic mass is 10.0. The number of halogens is 1. The summed E-state index contributed by atoms with van der Waals surface area (Å²) >= 11 is 6.25. The lowest BCUT2D eigenvalue weighted by Gasteiger charge is -2.33. The molecule has 0 radical (unpaired) electrons. The van der Waals surface area contributed by atoms with Crippen molar-refractivity contribution >= 4 is 34.4 Å². The third-order valence-corrected chi connectivity index (χ3v) is 3.90. The van der Waals surface area contributed by atoms with Crippen molar-refractivity contribution in [1.29, 1.82) is 0 Å². The number of nitrogens with zero attached hydrogens (tertiary/aromatic N) is 2. The third kappa shape index (κ3) is 2.46. The van der Waals surface area contributed by atoms with Gasteiger partial charge >= 0.3 is 6.09 Å². The van der Waals surface area contributed by atoms with Crippen LogP contribution >= 0.6 is 11.6 Å². The zero-order valence-corrected chi connectivity index (χ0v) is 12.9. The van der Waals surface area contributed by atoms with E-state index in [0.29, 0.717) is 22.2 Å². The molecule has 1 aromatic heterocycles. The molecule has 1 aliphatic rings. The van der Waals surface area contributed by atoms with Gasteiger partial charge in [-0.25, -0.2) is 4.79 Å². The van der Waals surface area contributed by atoms with Crippen molar-refractivity contribution in [3.8, 4) is 0 Å². The number of rotatable bonds is 2. The van der Waals surface area contributed by atoms with Gasteiger partial charge in [-0.05, 0) is 45.7 Å². The smallest absolute Gasteiger partial charge is 0.412 e. The second-order valence-corrected chi connectivity index (χ2v) is 6.84. The van der Waals surface area contributed by atoms with Gasteiger partial charge in [-0.1, -0.05) is 16.8 Å². The zero-order chi connectivity index (χ0) is 15.4. The van der Waals surface area contributed by atoms with E-state index in [2.05, 4.69) is 5.16 Å². The fourth-order valence-corrected chi connectivity index (χ4v) is 2.82. The monoisotopic (exact) mass is 308 g/mol. The Bertz CT molecular complexity index is 714. The van der Waals surface area contributed by atoms with Gasteiger partial charge in [-0.15, -0.1) is 0 Å². The maximum atomic E-state index is 11.6. The highest BCUT2D eigenvalue weighted by molar-refractivity contribution is 6.35. The minimum Gasteiger partial charge on any atom is -0.465 e. The molecule has 0 atom stereocenters. The van der Waals surface area contributed by atoms with E-state index in [0.717, 1.165) is 23.9 Å². The molecular weight excluding hydrogens is 292 g/mol. The van der Waals surface area contributed by atoms with Gasteiger partial charge in [-0.2, -0.15) is 0 Å². The number of carbonyl (C=O) groups is 1. The lowest BCUT2D eigenvalue weighted by molar-refractivity contribution is 0.195. The zero-order valence-electron chi connectivity index (χ0n) is 12.2. The average Bonchev–Trinajstić information content (AvgIpc) is 3.07. The van der Waals surface area contributed by atoms with Gasteiger partial charge in [0.2, 0.25) is 0 Å². The van der Waals surface area contributed by atoms with E-state index in [9.17, 15) is 9.90 Å². The molecule has 1 aromatic carbocycles. The first-order valence-corrected chi connectivity index (χ1v) is 7.29. The van der Waals surface area contributed by atoms with Crippen LogP contribution in [0.3, 0.4) is 0 Å². The van der Waals surface area contributed by atoms with Crippen LogP contribution in [0.2, 0.25) is 5.02 Å². The van der Waals surface area contributed by atoms with Crippen LogP contribution in [-0.4, -0.2) is 21.9 Å². The van der Waals surface area contributed by atoms with Gasteiger partial charge < -0.3 is 9.63 Å². The molecule has 1 heterocycles. The van der Waals surface area contributed by atoms with Gasteiger partial charge in [-0.3, -0.25) is 4.90 Å². The predicted octanol–water partition coefficient (Wildman–Crippen LogP) is 4.64. The fraction of sp³-hybridized carbons (Fsp3) is 0.467. The molecule has 1 N–H and O–H groups in total. The van der Waals surface area contributed by atoms with E-state index in [-0.39, 0.29) is 0 Å². The van der Waals surface area contributed by atoms with E-state index in [1.165, 1.54) is 4.90 Å². The molecule has 21 heavy (non-hydrogen) atoms. The van der Waals surface area contributed by atoms with Crippen LogP contribution < -0.4 is 4.90 Å². The number of hydrogen-bond donors (Lipinski definition) is 1. The number of fused-ring (bicyclic) bond motifs is 1. The Morgan fingerprint density at radius 2 is 2.10 bits per heavy atom. The number of anilines is 1. The first-order valence-electron chi connectivity index (χ1n) is 6.91. The average molecular weight is 309 g/mol. The molecule has 2 aromatic rings. The Balaban J connectivity index is 2.18. The van der Waals surface area contributed by atoms with Crippen molar-refractivity contribution < 1.29 is 14.4 Å². The molecule has 1 amide bonds. The molecular formula is C15H17ClN2O3. The standard InChI is InChI=1S/C15H17ClN2O3/c1-15(2,3)18(14(19)20)9-6-10-12(8-4-5-8)17-21-13(10)11(16)7-9/h6-8H,4-5H2,1-3H3,(H,19,20). The SMILES string of the molecule is CC(C)(C)N(C(=O)O)c1cc(Cl)c2onc(C3CC3)c2c1. The summed E-state index contributed by atoms with van der Waals surface area (Å²) in [5.41, 5.74) is 1.38. The first-order chi connectivity index (χ1) is 9.79. The van der Waals surface area contributed by atoms with Gasteiger partial charge in [0.1, 0.15) is 0 Å². The van der Waals surface area contributed by atoms with Gasteiger partial charge in [0.15, 0.2) is 5.58 Å². The van der Waals surface area contributed by atoms with E-state index in [1.807, 2.05) is 26.8 Å². The lowest BCUT2D eigenvalue weighted by Crippen LogP contribution is -2.45. The van der Waals surface area contributed by atoms with E-state index in [4.69, 9.17) is 16.1 Å². The van der Waals surface area contributed by atoms with Crippen molar-refractivity contribution in [2.75, 3.05) is 4.90 Å². The summed E-state index contributed by atoms with van der Waals surface area (Å²) in [4.78, 5) is 12.9. The summed E-state index contributed by atoms with van der Waals surface area (Å²) in [5, 5.41) is 14.8. The third-order valence-electron chi connectivity index (χ3n) is 3.62. The van der Waals surface area contributed by atoms with E-state index < -0.39 is 11.6 Å². The number of carboxylic acid groups (broad SMARTS) is 1. The Morgan fingerprint density at radius 1 is 1.43 bits per heavy atom. The fourth-order valence-electron chi connectivity index (χ4n) is 2.57. The number of amides is 1. The van der Waals surface area contributed by atoms with Gasteiger partial charge in [0.25, 0.3) is 0 Å². The molecule has 1 saturated carbocycles. The Labute approximate surface area is 127 Å². The molecule has 112 valence electrons. The Morgan fingerprint density at radius 3 is 2.62 bits per heavy atom. The maximum Gasteiger partial charge on any atom is 0.412 e. The molecule has 0 bridgehead atoms. The molecule has 6 heteroatoms. The van der Waals surface area contributed by atoms with Crippen LogP contribution in [0.5, 0.6) is 0 Å². The molecule has 1 fully saturated rings. The van der Waals surface area contributed by atoms with Crippen molar-refractivity contribution in [3.05, 3.63) is 22.8 Å². The summed E-state index contributed by atoms with van der Waals surface area (Å²) in [6, 6.07) is 3.43. The van der Waals surface area contributed by atoms with Crippen molar-refractivity contribution in [3.63, 3.8) is 0 Å². The molecule has 1 aliphatic carbocycles. The second kappa shape index (κ2) is 4.63. The topological polar surface area (TPSA) is 66.6 Å². The van der Waals surface area contributed by atoms with E-state index >= 15 is 0 Å². The van der Waals surface area contributed by atoms with Crippen molar-refractivity contribution in [1.82, 2.24) is 5.16 Å². The molecule has 5 nitrogen and oxygen atoms in total. The largest absolute Gasteiger partial charge is 0.465 e. The normalized spacial score (nSPS) is 15.4. The highest BCUT2D eigenvalue weighted by Gasteiger charge is 2.32. The van der Waals surface area contributed by atoms with Crippen LogP contribution in [0.25, 0.3) is 11.0 Å². The molecule has 0 spiro atoms. The highest BCUT2D eigenvalue weighted by atomic mass is 35.5. The van der Waals surface area contributed by atoms with Crippen molar-refractivity contribution in [2.45, 2.75) is 45.1 Å². The van der Waals surface area contributed by atoms with Crippen molar-refractivity contribution in [2.24, 2.45) is 0 Å². The van der Waals surface area contributed by atoms with Crippen LogP contribution in [0.15, 0.2) is 16.7 Å². The number of hydrogen-bond acceptors (Lipinski definition) is 3. The van der Waals surface area contributed by atoms with Crippen LogP contribution in [0.4, 0.5) is 10.5 Å². The number of benzene rings is 1. The van der Waals surface area contributed by atoms with E-state index in [1.54, 1.807) is 6.07 Å². The highest BCUT2D eigenvalue weighted by Crippen LogP contribution is 2.44. The molecule has 0 aliphatic heterocycles. The molecule has 0 saturated heterocycles.